The summed E-state index contributed by atoms with van der Waals surface area (Å²) >= 11 is 0. The lowest BCUT2D eigenvalue weighted by Crippen LogP contribution is -2.10. The molecule has 4 heteroatoms. The van der Waals surface area contributed by atoms with Crippen molar-refractivity contribution < 1.29 is 0 Å². The maximum Gasteiger partial charge on any atom is 0.164 e. The Kier molecular flexibility index (Phi) is 11.3. The number of anilines is 3. The van der Waals surface area contributed by atoms with Gasteiger partial charge in [0.2, 0.25) is 0 Å². The molecule has 0 amide bonds. The van der Waals surface area contributed by atoms with Gasteiger partial charge in [0.1, 0.15) is 0 Å². The minimum absolute atomic E-state index is 0.623. The molecule has 0 N–H and O–H groups in total. The van der Waals surface area contributed by atoms with Crippen molar-refractivity contribution in [2.24, 2.45) is 0 Å². The van der Waals surface area contributed by atoms with E-state index in [1.165, 1.54) is 11.1 Å². The Morgan fingerprint density at radius 2 is 0.478 bits per heavy atom. The third kappa shape index (κ3) is 8.68. The van der Waals surface area contributed by atoms with Crippen LogP contribution >= 0.6 is 0 Å². The van der Waals surface area contributed by atoms with Gasteiger partial charge in [-0.15, -0.1) is 0 Å². The maximum atomic E-state index is 5.05. The van der Waals surface area contributed by atoms with Gasteiger partial charge < -0.3 is 4.90 Å². The fraction of sp³-hybridized carbons (Fsp3) is 0. The normalized spacial score (nSPS) is 11.0. The molecular formula is C63H44N4. The third-order valence-corrected chi connectivity index (χ3v) is 12.1. The Balaban J connectivity index is 1.00. The minimum Gasteiger partial charge on any atom is -0.310 e. The zero-order valence-electron chi connectivity index (χ0n) is 36.7. The summed E-state index contributed by atoms with van der Waals surface area (Å²) < 4.78 is 0. The molecular weight excluding hydrogens is 813 g/mol. The molecule has 316 valence electrons. The van der Waals surface area contributed by atoms with E-state index in [-0.39, 0.29) is 0 Å². The highest BCUT2D eigenvalue weighted by Crippen LogP contribution is 2.43. The topological polar surface area (TPSA) is 41.9 Å². The van der Waals surface area contributed by atoms with Crippen LogP contribution in [0.5, 0.6) is 0 Å². The Morgan fingerprint density at radius 3 is 0.910 bits per heavy atom. The number of hydrogen-bond donors (Lipinski definition) is 0. The Morgan fingerprint density at radius 1 is 0.194 bits per heavy atom. The molecule has 11 aromatic rings. The van der Waals surface area contributed by atoms with Gasteiger partial charge in [0.15, 0.2) is 17.5 Å². The van der Waals surface area contributed by atoms with Gasteiger partial charge in [-0.25, -0.2) is 15.0 Å². The highest BCUT2D eigenvalue weighted by molar-refractivity contribution is 5.93. The zero-order valence-corrected chi connectivity index (χ0v) is 36.7. The van der Waals surface area contributed by atoms with Crippen molar-refractivity contribution in [3.8, 4) is 89.8 Å². The number of rotatable bonds is 11. The summed E-state index contributed by atoms with van der Waals surface area (Å²) in [6.45, 7) is 0. The van der Waals surface area contributed by atoms with Gasteiger partial charge in [0.25, 0.3) is 0 Å². The average molecular weight is 857 g/mol. The molecule has 0 atom stereocenters. The fourth-order valence-electron chi connectivity index (χ4n) is 8.87. The van der Waals surface area contributed by atoms with Crippen molar-refractivity contribution in [2.75, 3.05) is 4.90 Å². The molecule has 0 fully saturated rings. The van der Waals surface area contributed by atoms with Crippen LogP contribution in [0.1, 0.15) is 0 Å². The number of nitrogens with zero attached hydrogens (tertiary/aromatic N) is 4. The van der Waals surface area contributed by atoms with Crippen LogP contribution in [0.15, 0.2) is 267 Å². The average Bonchev–Trinajstić information content (AvgIpc) is 3.42. The van der Waals surface area contributed by atoms with Gasteiger partial charge in [0, 0.05) is 33.8 Å². The lowest BCUT2D eigenvalue weighted by molar-refractivity contribution is 1.07. The predicted octanol–water partition coefficient (Wildman–Crippen LogP) is 16.7. The molecule has 1 heterocycles. The first kappa shape index (κ1) is 40.8. The molecule has 67 heavy (non-hydrogen) atoms. The minimum atomic E-state index is 0.623. The monoisotopic (exact) mass is 856 g/mol. The van der Waals surface area contributed by atoms with Gasteiger partial charge >= 0.3 is 0 Å². The van der Waals surface area contributed by atoms with E-state index >= 15 is 0 Å². The molecule has 0 radical (unpaired) electrons. The Hall–Kier alpha value is -8.99. The van der Waals surface area contributed by atoms with E-state index < -0.39 is 0 Å². The summed E-state index contributed by atoms with van der Waals surface area (Å²) in [6, 6.07) is 94.0. The highest BCUT2D eigenvalue weighted by Gasteiger charge is 2.19. The van der Waals surface area contributed by atoms with E-state index in [9.17, 15) is 0 Å². The first-order valence-electron chi connectivity index (χ1n) is 22.6. The lowest BCUT2D eigenvalue weighted by Gasteiger charge is -2.27. The van der Waals surface area contributed by atoms with Crippen LogP contribution in [0.3, 0.4) is 0 Å². The lowest BCUT2D eigenvalue weighted by atomic mass is 9.89. The van der Waals surface area contributed by atoms with Crippen LogP contribution in [0.4, 0.5) is 17.1 Å². The van der Waals surface area contributed by atoms with Crippen LogP contribution in [-0.4, -0.2) is 15.0 Å². The fourth-order valence-corrected chi connectivity index (χ4v) is 8.87. The van der Waals surface area contributed by atoms with Gasteiger partial charge in [-0.3, -0.25) is 0 Å². The molecule has 0 aliphatic heterocycles. The van der Waals surface area contributed by atoms with Crippen molar-refractivity contribution in [2.45, 2.75) is 0 Å². The third-order valence-electron chi connectivity index (χ3n) is 12.1. The Bertz CT molecular complexity index is 3320. The van der Waals surface area contributed by atoms with Crippen molar-refractivity contribution in [1.82, 2.24) is 15.0 Å². The molecule has 0 saturated carbocycles. The molecule has 0 saturated heterocycles. The van der Waals surface area contributed by atoms with E-state index in [0.29, 0.717) is 17.5 Å². The van der Waals surface area contributed by atoms with Crippen LogP contribution < -0.4 is 4.90 Å². The molecule has 4 nitrogen and oxygen atoms in total. The molecule has 0 unspecified atom stereocenters. The largest absolute Gasteiger partial charge is 0.310 e. The molecule has 1 aromatic heterocycles. The van der Waals surface area contributed by atoms with E-state index in [1.807, 2.05) is 60.7 Å². The predicted molar refractivity (Wildman–Crippen MR) is 278 cm³/mol. The molecule has 0 aliphatic rings. The van der Waals surface area contributed by atoms with Crippen LogP contribution in [-0.2, 0) is 0 Å². The molecule has 10 aromatic carbocycles. The Labute approximate surface area is 391 Å². The van der Waals surface area contributed by atoms with Gasteiger partial charge in [0.05, 0.1) is 0 Å². The summed E-state index contributed by atoms with van der Waals surface area (Å²) in [5.41, 5.74) is 17.4. The van der Waals surface area contributed by atoms with Crippen molar-refractivity contribution in [3.63, 3.8) is 0 Å². The van der Waals surface area contributed by atoms with E-state index in [0.717, 1.165) is 78.3 Å². The van der Waals surface area contributed by atoms with Crippen LogP contribution in [0.25, 0.3) is 89.8 Å². The highest BCUT2D eigenvalue weighted by atomic mass is 15.1. The van der Waals surface area contributed by atoms with Crippen LogP contribution in [0, 0.1) is 0 Å². The molecule has 0 spiro atoms. The second-order valence-electron chi connectivity index (χ2n) is 16.4. The summed E-state index contributed by atoms with van der Waals surface area (Å²) in [5.74, 6) is 1.90. The standard InChI is InChI=1S/C63H44N4/c1-5-21-45(22-6-1)49-29-18-34-54(42-49)67(55-35-19-30-50(43-55)46-23-7-2-8-24-46)56-36-20-32-52(44-56)58-38-14-16-40-60(58)59-39-15-13-37-57(59)51-31-17-33-53(41-51)63-65-61(47-25-9-3-10-26-47)64-62(66-63)48-27-11-4-12-28-48/h1-44H. The number of aromatic nitrogens is 3. The van der Waals surface area contributed by atoms with Crippen molar-refractivity contribution >= 4 is 17.1 Å². The number of hydrogen-bond acceptors (Lipinski definition) is 4. The molecule has 0 aliphatic carbocycles. The first-order chi connectivity index (χ1) is 33.2. The van der Waals surface area contributed by atoms with Gasteiger partial charge in [-0.1, -0.05) is 224 Å². The first-order valence-corrected chi connectivity index (χ1v) is 22.6. The van der Waals surface area contributed by atoms with Crippen molar-refractivity contribution in [1.29, 1.82) is 0 Å². The van der Waals surface area contributed by atoms with E-state index in [4.69, 9.17) is 15.0 Å². The van der Waals surface area contributed by atoms with E-state index in [1.54, 1.807) is 0 Å². The quantitative estimate of drug-likeness (QED) is 0.130. The second kappa shape index (κ2) is 18.6. The zero-order chi connectivity index (χ0) is 44.8. The summed E-state index contributed by atoms with van der Waals surface area (Å²) in [7, 11) is 0. The maximum absolute atomic E-state index is 5.05. The van der Waals surface area contributed by atoms with Crippen molar-refractivity contribution in [3.05, 3.63) is 267 Å². The van der Waals surface area contributed by atoms with Gasteiger partial charge in [-0.05, 0) is 98.1 Å². The SMILES string of the molecule is c1ccc(-c2cccc(N(c3cccc(-c4ccccc4)c3)c3cccc(-c4ccccc4-c4ccccc4-c4cccc(-c5nc(-c6ccccc6)nc(-c6ccccc6)n5)c4)c3)c2)cc1. The summed E-state index contributed by atoms with van der Waals surface area (Å²) in [6.07, 6.45) is 0. The second-order valence-corrected chi connectivity index (χ2v) is 16.4. The van der Waals surface area contributed by atoms with Crippen LogP contribution in [0.2, 0.25) is 0 Å². The molecule has 11 rings (SSSR count). The summed E-state index contributed by atoms with van der Waals surface area (Å²) in [5, 5.41) is 0. The summed E-state index contributed by atoms with van der Waals surface area (Å²) in [4.78, 5) is 17.4. The van der Waals surface area contributed by atoms with Gasteiger partial charge in [-0.2, -0.15) is 0 Å². The number of benzene rings is 10. The van der Waals surface area contributed by atoms with E-state index in [2.05, 4.69) is 211 Å². The molecule has 0 bridgehead atoms. The smallest absolute Gasteiger partial charge is 0.164 e.